The van der Waals surface area contributed by atoms with Crippen molar-refractivity contribution in [3.05, 3.63) is 93.6 Å². The van der Waals surface area contributed by atoms with E-state index in [2.05, 4.69) is 20.9 Å². The van der Waals surface area contributed by atoms with Crippen molar-refractivity contribution >= 4 is 63.6 Å². The van der Waals surface area contributed by atoms with Gasteiger partial charge in [0.2, 0.25) is 17.7 Å². The summed E-state index contributed by atoms with van der Waals surface area (Å²) in [6.07, 6.45) is 4.89. The predicted octanol–water partition coefficient (Wildman–Crippen LogP) is 5.14. The molecule has 8 N–H and O–H groups in total. The number of para-hydroxylation sites is 1. The van der Waals surface area contributed by atoms with Gasteiger partial charge in [-0.15, -0.1) is 0 Å². The van der Waals surface area contributed by atoms with Gasteiger partial charge in [-0.05, 0) is 80.6 Å². The number of amides is 3. The fraction of sp³-hybridized carbons (Fsp3) is 0.378. The first-order valence-electron chi connectivity index (χ1n) is 17.0. The molecule has 1 aliphatic rings. The van der Waals surface area contributed by atoms with E-state index >= 15 is 0 Å². The molecule has 1 aromatic heterocycles. The molecule has 0 saturated heterocycles. The molecule has 0 saturated carbocycles. The summed E-state index contributed by atoms with van der Waals surface area (Å²) < 4.78 is 0. The Morgan fingerprint density at radius 2 is 1.56 bits per heavy atom. The highest BCUT2D eigenvalue weighted by molar-refractivity contribution is 7.99. The first kappa shape index (κ1) is 37.7. The van der Waals surface area contributed by atoms with Gasteiger partial charge in [0, 0.05) is 64.0 Å². The zero-order chi connectivity index (χ0) is 35.6. The lowest BCUT2D eigenvalue weighted by Gasteiger charge is -2.32. The monoisotopic (exact) mass is 737 g/mol. The number of hydrogen-bond donors (Lipinski definition) is 6. The molecule has 1 unspecified atom stereocenters. The summed E-state index contributed by atoms with van der Waals surface area (Å²) in [4.78, 5) is 48.9. The molecule has 0 aliphatic carbocycles. The molecule has 3 atom stereocenters. The fourth-order valence-electron chi connectivity index (χ4n) is 6.22. The Balaban J connectivity index is 1.58. The van der Waals surface area contributed by atoms with Gasteiger partial charge in [0.25, 0.3) is 0 Å². The smallest absolute Gasteiger partial charge is 0.245 e. The van der Waals surface area contributed by atoms with Gasteiger partial charge in [0.1, 0.15) is 12.1 Å². The second-order valence-corrected chi connectivity index (χ2v) is 14.4. The molecule has 3 aromatic carbocycles. The van der Waals surface area contributed by atoms with Gasteiger partial charge in [-0.25, -0.2) is 0 Å². The van der Waals surface area contributed by atoms with Crippen molar-refractivity contribution in [2.24, 2.45) is 11.5 Å². The third-order valence-electron chi connectivity index (χ3n) is 9.10. The van der Waals surface area contributed by atoms with E-state index in [-0.39, 0.29) is 30.7 Å². The molecule has 0 fully saturated rings. The number of fused-ring (bicyclic) bond motifs is 3. The highest BCUT2D eigenvalue weighted by Crippen LogP contribution is 2.40. The van der Waals surface area contributed by atoms with E-state index in [0.29, 0.717) is 72.2 Å². The summed E-state index contributed by atoms with van der Waals surface area (Å²) >= 11 is 15.0. The van der Waals surface area contributed by atoms with Crippen LogP contribution in [0.4, 0.5) is 0 Å². The number of aromatic amines is 1. The first-order valence-corrected chi connectivity index (χ1v) is 18.5. The molecule has 4 aromatic rings. The lowest BCUT2D eigenvalue weighted by atomic mass is 10.0. The van der Waals surface area contributed by atoms with E-state index in [9.17, 15) is 14.4 Å². The summed E-state index contributed by atoms with van der Waals surface area (Å²) in [6.45, 7) is 1.35. The lowest BCUT2D eigenvalue weighted by molar-refractivity contribution is -0.142. The molecule has 1 aliphatic heterocycles. The molecule has 3 amide bonds. The maximum absolute atomic E-state index is 14.4. The van der Waals surface area contributed by atoms with Crippen LogP contribution < -0.4 is 27.4 Å². The maximum Gasteiger partial charge on any atom is 0.245 e. The fourth-order valence-corrected chi connectivity index (χ4v) is 7.90. The molecule has 10 nitrogen and oxygen atoms in total. The Kier molecular flexibility index (Phi) is 13.6. The van der Waals surface area contributed by atoms with Crippen LogP contribution in [0, 0.1) is 0 Å². The molecular formula is C37H45Cl2N7O3S. The highest BCUT2D eigenvalue weighted by Gasteiger charge is 2.34. The number of nitrogens with one attached hydrogen (secondary N) is 4. The number of nitrogens with two attached hydrogens (primary N) is 2. The minimum Gasteiger partial charge on any atom is -0.361 e. The van der Waals surface area contributed by atoms with Crippen LogP contribution in [0.1, 0.15) is 48.8 Å². The molecule has 13 heteroatoms. The van der Waals surface area contributed by atoms with Gasteiger partial charge in [-0.1, -0.05) is 71.4 Å². The lowest BCUT2D eigenvalue weighted by Crippen LogP contribution is -2.57. The minimum atomic E-state index is -0.910. The molecule has 266 valence electrons. The van der Waals surface area contributed by atoms with Crippen molar-refractivity contribution < 1.29 is 14.4 Å². The number of halogens is 2. The van der Waals surface area contributed by atoms with Gasteiger partial charge >= 0.3 is 0 Å². The van der Waals surface area contributed by atoms with Gasteiger partial charge < -0.3 is 37.3 Å². The van der Waals surface area contributed by atoms with Gasteiger partial charge in [-0.2, -0.15) is 0 Å². The van der Waals surface area contributed by atoms with E-state index in [0.717, 1.165) is 26.9 Å². The number of nitrogens with zero attached hydrogens (tertiary/aromatic N) is 1. The largest absolute Gasteiger partial charge is 0.361 e. The summed E-state index contributed by atoms with van der Waals surface area (Å²) in [5.74, 6) is -1.03. The highest BCUT2D eigenvalue weighted by atomic mass is 35.5. The van der Waals surface area contributed by atoms with E-state index in [4.69, 9.17) is 34.7 Å². The van der Waals surface area contributed by atoms with Crippen molar-refractivity contribution in [1.82, 2.24) is 25.8 Å². The molecule has 2 heterocycles. The Morgan fingerprint density at radius 1 is 0.840 bits per heavy atom. The number of carbonyl (C=O) groups is 3. The number of rotatable bonds is 9. The van der Waals surface area contributed by atoms with Gasteiger partial charge in [-0.3, -0.25) is 14.4 Å². The van der Waals surface area contributed by atoms with Gasteiger partial charge in [0.05, 0.1) is 11.1 Å². The van der Waals surface area contributed by atoms with E-state index in [1.807, 2.05) is 54.7 Å². The van der Waals surface area contributed by atoms with Crippen LogP contribution in [0.2, 0.25) is 10.0 Å². The van der Waals surface area contributed by atoms with Crippen molar-refractivity contribution in [2.75, 3.05) is 20.1 Å². The Bertz CT molecular complexity index is 1800. The number of likely N-dealkylation sites (N-methyl/N-ethyl adjacent to an activating group) is 1. The summed E-state index contributed by atoms with van der Waals surface area (Å²) in [5.41, 5.74) is 15.1. The molecule has 5 rings (SSSR count). The van der Waals surface area contributed by atoms with Crippen LogP contribution in [-0.2, 0) is 33.9 Å². The normalized spacial score (nSPS) is 19.4. The van der Waals surface area contributed by atoms with Crippen LogP contribution in [-0.4, -0.2) is 65.9 Å². The average molecular weight is 739 g/mol. The number of benzene rings is 3. The van der Waals surface area contributed by atoms with Crippen molar-refractivity contribution in [1.29, 1.82) is 0 Å². The zero-order valence-electron chi connectivity index (χ0n) is 28.1. The third kappa shape index (κ3) is 9.20. The number of hydrogen-bond acceptors (Lipinski definition) is 7. The van der Waals surface area contributed by atoms with Crippen LogP contribution in [0.25, 0.3) is 10.9 Å². The number of carbonyl (C=O) groups excluding carboxylic acids is 3. The number of aromatic nitrogens is 1. The Hall–Kier alpha value is -3.58. The molecule has 0 bridgehead atoms. The first-order chi connectivity index (χ1) is 24.2. The van der Waals surface area contributed by atoms with Crippen molar-refractivity contribution in [2.45, 2.75) is 79.5 Å². The predicted molar refractivity (Wildman–Crippen MR) is 201 cm³/mol. The standard InChI is InChI=1S/C37H45Cl2N7O3S/c1-46-32(19-24-21-42-29-11-4-3-10-25(24)29)36(48)44-22-26-27(38)15-16-28(39)34(26)50-33-14-5-2-9-23(33)20-43-30(13-8-18-41)35(47)45-31(37(46)49)12-6-7-17-40/h2-5,9-11,14-16,21,30-32,42-43H,6-8,12-13,17-20,22,40-41H2,1H3,(H,44,48)(H,45,47)/t30-,31?,32-/m0/s1. The minimum absolute atomic E-state index is 0.0885. The zero-order valence-corrected chi connectivity index (χ0v) is 30.5. The number of H-pyrrole nitrogens is 1. The summed E-state index contributed by atoms with van der Waals surface area (Å²) in [6, 6.07) is 16.7. The molecule has 50 heavy (non-hydrogen) atoms. The SMILES string of the molecule is CN1C(=O)C(CCCCN)NC(=O)[C@H](CCCN)NCc2ccccc2Sc2c(Cl)ccc(Cl)c2CNC(=O)[C@@H]1Cc1c[nH]c2ccccc12. The second kappa shape index (κ2) is 18.1. The van der Waals surface area contributed by atoms with Crippen LogP contribution >= 0.6 is 35.0 Å². The van der Waals surface area contributed by atoms with Crippen molar-refractivity contribution in [3.8, 4) is 0 Å². The second-order valence-electron chi connectivity index (χ2n) is 12.5. The average Bonchev–Trinajstić information content (AvgIpc) is 3.53. The van der Waals surface area contributed by atoms with Crippen LogP contribution in [0.3, 0.4) is 0 Å². The molecule has 0 spiro atoms. The number of unbranched alkanes of at least 4 members (excludes halogenated alkanes) is 1. The van der Waals surface area contributed by atoms with Crippen LogP contribution in [0.5, 0.6) is 0 Å². The van der Waals surface area contributed by atoms with Crippen LogP contribution in [0.15, 0.2) is 76.7 Å². The Morgan fingerprint density at radius 3 is 2.36 bits per heavy atom. The maximum atomic E-state index is 14.4. The Labute approximate surface area is 307 Å². The van der Waals surface area contributed by atoms with Crippen molar-refractivity contribution in [3.63, 3.8) is 0 Å². The quantitative estimate of drug-likeness (QED) is 0.130. The topological polar surface area (TPSA) is 158 Å². The molecular weight excluding hydrogens is 693 g/mol. The summed E-state index contributed by atoms with van der Waals surface area (Å²) in [5, 5.41) is 11.4. The van der Waals surface area contributed by atoms with E-state index in [1.165, 1.54) is 16.7 Å². The third-order valence-corrected chi connectivity index (χ3v) is 11.2. The molecule has 0 radical (unpaired) electrons. The van der Waals surface area contributed by atoms with E-state index < -0.39 is 18.1 Å². The summed E-state index contributed by atoms with van der Waals surface area (Å²) in [7, 11) is 1.62. The van der Waals surface area contributed by atoms with Gasteiger partial charge in [0.15, 0.2) is 0 Å². The van der Waals surface area contributed by atoms with E-state index in [1.54, 1.807) is 19.2 Å².